The standard InChI is InChI=1S/C17H20BrNO/c1-12(2)20-14-10-8-13(9-11-14)17(3,19)15-6-4-5-7-16(15)18/h4-12H,19H2,1-3H3. The molecule has 0 fully saturated rings. The van der Waals surface area contributed by atoms with Gasteiger partial charge in [-0.3, -0.25) is 0 Å². The Kier molecular flexibility index (Phi) is 4.51. The van der Waals surface area contributed by atoms with Gasteiger partial charge < -0.3 is 10.5 Å². The van der Waals surface area contributed by atoms with E-state index in [1.807, 2.05) is 69.3 Å². The highest BCUT2D eigenvalue weighted by molar-refractivity contribution is 9.10. The van der Waals surface area contributed by atoms with E-state index in [4.69, 9.17) is 10.5 Å². The summed E-state index contributed by atoms with van der Waals surface area (Å²) in [6.45, 7) is 6.05. The van der Waals surface area contributed by atoms with Crippen LogP contribution in [0.25, 0.3) is 0 Å². The molecule has 1 atom stereocenters. The van der Waals surface area contributed by atoms with Crippen molar-refractivity contribution in [2.75, 3.05) is 0 Å². The minimum Gasteiger partial charge on any atom is -0.491 e. The van der Waals surface area contributed by atoms with E-state index in [1.54, 1.807) is 0 Å². The minimum atomic E-state index is -0.545. The zero-order chi connectivity index (χ0) is 14.8. The topological polar surface area (TPSA) is 35.2 Å². The molecule has 2 aromatic rings. The van der Waals surface area contributed by atoms with E-state index < -0.39 is 5.54 Å². The first-order chi connectivity index (χ1) is 9.41. The van der Waals surface area contributed by atoms with Crippen molar-refractivity contribution >= 4 is 15.9 Å². The van der Waals surface area contributed by atoms with Gasteiger partial charge in [0.25, 0.3) is 0 Å². The summed E-state index contributed by atoms with van der Waals surface area (Å²) >= 11 is 3.57. The van der Waals surface area contributed by atoms with Crippen molar-refractivity contribution in [3.05, 3.63) is 64.1 Å². The molecule has 2 nitrogen and oxygen atoms in total. The maximum Gasteiger partial charge on any atom is 0.119 e. The summed E-state index contributed by atoms with van der Waals surface area (Å²) in [5.41, 5.74) is 8.12. The molecule has 0 spiro atoms. The molecule has 0 aromatic heterocycles. The van der Waals surface area contributed by atoms with Crippen LogP contribution in [0.15, 0.2) is 53.0 Å². The number of rotatable bonds is 4. The van der Waals surface area contributed by atoms with Gasteiger partial charge in [0, 0.05) is 4.47 Å². The Morgan fingerprint density at radius 2 is 1.65 bits per heavy atom. The molecule has 1 unspecified atom stereocenters. The van der Waals surface area contributed by atoms with Gasteiger partial charge in [0.1, 0.15) is 5.75 Å². The maximum absolute atomic E-state index is 6.54. The number of hydrogen-bond acceptors (Lipinski definition) is 2. The predicted molar refractivity (Wildman–Crippen MR) is 87.0 cm³/mol. The Hall–Kier alpha value is -1.32. The molecular weight excluding hydrogens is 314 g/mol. The van der Waals surface area contributed by atoms with Gasteiger partial charge in [-0.2, -0.15) is 0 Å². The number of halogens is 1. The lowest BCUT2D eigenvalue weighted by molar-refractivity contribution is 0.242. The van der Waals surface area contributed by atoms with Gasteiger partial charge in [-0.1, -0.05) is 46.3 Å². The lowest BCUT2D eigenvalue weighted by Gasteiger charge is -2.27. The molecule has 3 heteroatoms. The fraction of sp³-hybridized carbons (Fsp3) is 0.294. The summed E-state index contributed by atoms with van der Waals surface area (Å²) in [5.74, 6) is 0.867. The van der Waals surface area contributed by atoms with Gasteiger partial charge in [-0.25, -0.2) is 0 Å². The fourth-order valence-electron chi connectivity index (χ4n) is 2.19. The van der Waals surface area contributed by atoms with Crippen molar-refractivity contribution in [2.24, 2.45) is 5.73 Å². The highest BCUT2D eigenvalue weighted by Crippen LogP contribution is 2.32. The smallest absolute Gasteiger partial charge is 0.119 e. The van der Waals surface area contributed by atoms with E-state index in [1.165, 1.54) is 0 Å². The molecule has 0 aliphatic rings. The zero-order valence-corrected chi connectivity index (χ0v) is 13.6. The molecule has 0 bridgehead atoms. The SMILES string of the molecule is CC(C)Oc1ccc(C(C)(N)c2ccccc2Br)cc1. The molecule has 0 aliphatic carbocycles. The van der Waals surface area contributed by atoms with Crippen molar-refractivity contribution in [2.45, 2.75) is 32.4 Å². The van der Waals surface area contributed by atoms with Crippen LogP contribution >= 0.6 is 15.9 Å². The van der Waals surface area contributed by atoms with Crippen LogP contribution in [-0.2, 0) is 5.54 Å². The van der Waals surface area contributed by atoms with E-state index in [9.17, 15) is 0 Å². The van der Waals surface area contributed by atoms with Crippen LogP contribution < -0.4 is 10.5 Å². The predicted octanol–water partition coefficient (Wildman–Crippen LogP) is 4.46. The lowest BCUT2D eigenvalue weighted by atomic mass is 9.86. The van der Waals surface area contributed by atoms with Crippen molar-refractivity contribution in [3.63, 3.8) is 0 Å². The summed E-state index contributed by atoms with van der Waals surface area (Å²) in [4.78, 5) is 0. The van der Waals surface area contributed by atoms with Crippen molar-refractivity contribution in [3.8, 4) is 5.75 Å². The average Bonchev–Trinajstić information content (AvgIpc) is 2.39. The van der Waals surface area contributed by atoms with Crippen LogP contribution in [0, 0.1) is 0 Å². The molecule has 2 rings (SSSR count). The first-order valence-corrected chi connectivity index (χ1v) is 7.51. The fourth-order valence-corrected chi connectivity index (χ4v) is 2.89. The van der Waals surface area contributed by atoms with Gasteiger partial charge in [0.05, 0.1) is 11.6 Å². The summed E-state index contributed by atoms with van der Waals surface area (Å²) in [7, 11) is 0. The van der Waals surface area contributed by atoms with Crippen LogP contribution in [0.5, 0.6) is 5.75 Å². The van der Waals surface area contributed by atoms with E-state index in [0.29, 0.717) is 0 Å². The monoisotopic (exact) mass is 333 g/mol. The second-order valence-electron chi connectivity index (χ2n) is 5.37. The van der Waals surface area contributed by atoms with Gasteiger partial charge in [0.2, 0.25) is 0 Å². The molecule has 2 aromatic carbocycles. The van der Waals surface area contributed by atoms with Crippen molar-refractivity contribution in [1.29, 1.82) is 0 Å². The Balaban J connectivity index is 2.32. The van der Waals surface area contributed by atoms with Gasteiger partial charge in [-0.15, -0.1) is 0 Å². The van der Waals surface area contributed by atoms with E-state index >= 15 is 0 Å². The Labute approximate surface area is 129 Å². The van der Waals surface area contributed by atoms with Gasteiger partial charge in [0.15, 0.2) is 0 Å². The third-order valence-corrected chi connectivity index (χ3v) is 3.95. The lowest BCUT2D eigenvalue weighted by Crippen LogP contribution is -2.34. The molecule has 0 amide bonds. The molecule has 0 saturated heterocycles. The number of ether oxygens (including phenoxy) is 1. The van der Waals surface area contributed by atoms with E-state index in [-0.39, 0.29) is 6.10 Å². The second kappa shape index (κ2) is 5.98. The zero-order valence-electron chi connectivity index (χ0n) is 12.1. The number of nitrogens with two attached hydrogens (primary N) is 1. The molecule has 0 radical (unpaired) electrons. The number of hydrogen-bond donors (Lipinski definition) is 1. The van der Waals surface area contributed by atoms with Crippen LogP contribution in [0.1, 0.15) is 31.9 Å². The summed E-state index contributed by atoms with van der Waals surface area (Å²) in [6, 6.07) is 16.0. The highest BCUT2D eigenvalue weighted by Gasteiger charge is 2.25. The normalized spacial score (nSPS) is 14.1. The highest BCUT2D eigenvalue weighted by atomic mass is 79.9. The van der Waals surface area contributed by atoms with Crippen molar-refractivity contribution in [1.82, 2.24) is 0 Å². The molecule has 0 aliphatic heterocycles. The molecule has 2 N–H and O–H groups in total. The molecule has 20 heavy (non-hydrogen) atoms. The molecule has 0 saturated carbocycles. The third kappa shape index (κ3) is 3.22. The van der Waals surface area contributed by atoms with Gasteiger partial charge >= 0.3 is 0 Å². The van der Waals surface area contributed by atoms with E-state index in [0.717, 1.165) is 21.3 Å². The quantitative estimate of drug-likeness (QED) is 0.896. The number of benzene rings is 2. The maximum atomic E-state index is 6.54. The van der Waals surface area contributed by atoms with Gasteiger partial charge in [-0.05, 0) is 50.1 Å². The summed E-state index contributed by atoms with van der Waals surface area (Å²) in [5, 5.41) is 0. The Morgan fingerprint density at radius 1 is 1.05 bits per heavy atom. The summed E-state index contributed by atoms with van der Waals surface area (Å²) in [6.07, 6.45) is 0.174. The summed E-state index contributed by atoms with van der Waals surface area (Å²) < 4.78 is 6.68. The minimum absolute atomic E-state index is 0.174. The van der Waals surface area contributed by atoms with E-state index in [2.05, 4.69) is 15.9 Å². The second-order valence-corrected chi connectivity index (χ2v) is 6.23. The van der Waals surface area contributed by atoms with Crippen LogP contribution in [-0.4, -0.2) is 6.10 Å². The van der Waals surface area contributed by atoms with Crippen LogP contribution in [0.4, 0.5) is 0 Å². The molecule has 106 valence electrons. The largest absolute Gasteiger partial charge is 0.491 e. The van der Waals surface area contributed by atoms with Crippen molar-refractivity contribution < 1.29 is 4.74 Å². The third-order valence-electron chi connectivity index (χ3n) is 3.26. The van der Waals surface area contributed by atoms with Crippen LogP contribution in [0.3, 0.4) is 0 Å². The van der Waals surface area contributed by atoms with Crippen LogP contribution in [0.2, 0.25) is 0 Å². The first-order valence-electron chi connectivity index (χ1n) is 6.72. The average molecular weight is 334 g/mol. The Morgan fingerprint density at radius 3 is 2.20 bits per heavy atom. The first kappa shape index (κ1) is 15.1. The molecule has 0 heterocycles. The Bertz CT molecular complexity index is 576. The molecular formula is C17H20BrNO.